The van der Waals surface area contributed by atoms with Crippen molar-refractivity contribution >= 4 is 34.2 Å². The molecular weight excluding hydrogens is 509 g/mol. The zero-order valence-corrected chi connectivity index (χ0v) is 20.7. The van der Waals surface area contributed by atoms with Crippen LogP contribution in [0, 0.1) is 0 Å². The summed E-state index contributed by atoms with van der Waals surface area (Å²) >= 11 is 6.45. The first-order valence-corrected chi connectivity index (χ1v) is 12.5. The van der Waals surface area contributed by atoms with E-state index >= 15 is 0 Å². The number of morpholine rings is 1. The van der Waals surface area contributed by atoms with Crippen molar-refractivity contribution in [3.05, 3.63) is 58.6 Å². The lowest BCUT2D eigenvalue weighted by molar-refractivity contribution is -0.145. The van der Waals surface area contributed by atoms with Gasteiger partial charge in [0, 0.05) is 56.1 Å². The smallest absolute Gasteiger partial charge is 0.379 e. The average Bonchev–Trinajstić information content (AvgIpc) is 3.44. The van der Waals surface area contributed by atoms with Gasteiger partial charge >= 0.3 is 6.18 Å². The second kappa shape index (κ2) is 10.8. The fourth-order valence-corrected chi connectivity index (χ4v) is 5.05. The number of hydrogen-bond donors (Lipinski definition) is 1. The van der Waals surface area contributed by atoms with Crippen LogP contribution in [0.15, 0.2) is 36.7 Å². The molecule has 2 aromatic heterocycles. The lowest BCUT2D eigenvalue weighted by Crippen LogP contribution is -2.44. The molecule has 196 valence electrons. The zero-order chi connectivity index (χ0) is 26.0. The second-order valence-corrected chi connectivity index (χ2v) is 9.47. The number of carbonyl (C=O) groups excluding carboxylic acids is 1. The van der Waals surface area contributed by atoms with Crippen molar-refractivity contribution in [2.75, 3.05) is 50.8 Å². The topological polar surface area (TPSA) is 83.5 Å². The van der Waals surface area contributed by atoms with Crippen LogP contribution in [0.5, 0.6) is 0 Å². The van der Waals surface area contributed by atoms with Gasteiger partial charge in [0.25, 0.3) is 5.91 Å². The van der Waals surface area contributed by atoms with Crippen molar-refractivity contribution in [3.63, 3.8) is 0 Å². The Morgan fingerprint density at radius 3 is 2.43 bits per heavy atom. The Hall–Kier alpha value is -3.02. The van der Waals surface area contributed by atoms with Crippen molar-refractivity contribution in [1.29, 1.82) is 0 Å². The highest BCUT2D eigenvalue weighted by Crippen LogP contribution is 2.30. The van der Waals surface area contributed by atoms with Crippen molar-refractivity contribution in [3.8, 4) is 0 Å². The third kappa shape index (κ3) is 5.63. The number of amides is 1. The minimum absolute atomic E-state index is 0.125. The summed E-state index contributed by atoms with van der Waals surface area (Å²) < 4.78 is 44.3. The molecule has 2 saturated heterocycles. The molecule has 1 N–H and O–H groups in total. The lowest BCUT2D eigenvalue weighted by Gasteiger charge is -2.34. The highest BCUT2D eigenvalue weighted by atomic mass is 35.5. The van der Waals surface area contributed by atoms with E-state index in [0.717, 1.165) is 44.1 Å². The highest BCUT2D eigenvalue weighted by molar-refractivity contribution is 6.35. The van der Waals surface area contributed by atoms with Crippen LogP contribution in [0.4, 0.5) is 19.0 Å². The van der Waals surface area contributed by atoms with Crippen LogP contribution >= 0.6 is 11.6 Å². The van der Waals surface area contributed by atoms with Gasteiger partial charge in [0.2, 0.25) is 5.82 Å². The van der Waals surface area contributed by atoms with Crippen molar-refractivity contribution < 1.29 is 22.7 Å². The standard InChI is InChI=1S/C25H26ClF3N6O2/c26-18-4-5-19-17(3-6-21(33-19)35-7-1-2-8-35)22(18)23(36)30-15-20(34-9-11-37-12-10-34)16-13-31-24(32-14-16)25(27,28)29/h3-6,13-14,20H,1-2,7-12,15H2,(H,30,36). The fourth-order valence-electron chi connectivity index (χ4n) is 4.80. The Labute approximate surface area is 216 Å². The van der Waals surface area contributed by atoms with E-state index in [0.29, 0.717) is 53.4 Å². The monoisotopic (exact) mass is 534 g/mol. The molecule has 3 aromatic rings. The Bertz CT molecular complexity index is 1260. The van der Waals surface area contributed by atoms with E-state index in [4.69, 9.17) is 21.3 Å². The SMILES string of the molecule is O=C(NCC(c1cnc(C(F)(F)F)nc1)N1CCOCC1)c1c(Cl)ccc2nc(N3CCCC3)ccc12. The van der Waals surface area contributed by atoms with E-state index in [-0.39, 0.29) is 6.54 Å². The first-order chi connectivity index (χ1) is 17.8. The van der Waals surface area contributed by atoms with Gasteiger partial charge in [-0.25, -0.2) is 15.0 Å². The number of nitrogens with one attached hydrogen (secondary N) is 1. The van der Waals surface area contributed by atoms with Gasteiger partial charge in [-0.3, -0.25) is 9.69 Å². The molecule has 4 heterocycles. The van der Waals surface area contributed by atoms with E-state index in [2.05, 4.69) is 20.2 Å². The summed E-state index contributed by atoms with van der Waals surface area (Å²) in [5.41, 5.74) is 1.44. The van der Waals surface area contributed by atoms with Gasteiger partial charge in [-0.15, -0.1) is 0 Å². The Morgan fingerprint density at radius 2 is 1.76 bits per heavy atom. The molecule has 0 radical (unpaired) electrons. The van der Waals surface area contributed by atoms with E-state index in [1.165, 1.54) is 0 Å². The van der Waals surface area contributed by atoms with Crippen LogP contribution < -0.4 is 10.2 Å². The number of anilines is 1. The van der Waals surface area contributed by atoms with Crippen LogP contribution in [-0.4, -0.2) is 71.7 Å². The maximum Gasteiger partial charge on any atom is 0.451 e. The molecule has 0 aliphatic carbocycles. The van der Waals surface area contributed by atoms with Crippen LogP contribution in [0.1, 0.15) is 40.6 Å². The molecule has 12 heteroatoms. The first-order valence-electron chi connectivity index (χ1n) is 12.1. The molecule has 1 unspecified atom stereocenters. The molecule has 8 nitrogen and oxygen atoms in total. The van der Waals surface area contributed by atoms with E-state index < -0.39 is 23.9 Å². The van der Waals surface area contributed by atoms with Crippen molar-refractivity contribution in [2.45, 2.75) is 25.1 Å². The quantitative estimate of drug-likeness (QED) is 0.510. The lowest BCUT2D eigenvalue weighted by atomic mass is 10.1. The van der Waals surface area contributed by atoms with Gasteiger partial charge in [-0.2, -0.15) is 13.2 Å². The van der Waals surface area contributed by atoms with Crippen LogP contribution in [0.25, 0.3) is 10.9 Å². The number of ether oxygens (including phenoxy) is 1. The predicted octanol–water partition coefficient (Wildman–Crippen LogP) is 4.10. The number of alkyl halides is 3. The summed E-state index contributed by atoms with van der Waals surface area (Å²) in [5.74, 6) is -0.727. The maximum atomic E-state index is 13.4. The van der Waals surface area contributed by atoms with Gasteiger partial charge < -0.3 is 15.0 Å². The molecule has 1 amide bonds. The minimum Gasteiger partial charge on any atom is -0.379 e. The number of benzene rings is 1. The van der Waals surface area contributed by atoms with Crippen LogP contribution in [-0.2, 0) is 10.9 Å². The second-order valence-electron chi connectivity index (χ2n) is 9.06. The molecule has 0 spiro atoms. The number of pyridine rings is 1. The normalized spacial score (nSPS) is 17.8. The van der Waals surface area contributed by atoms with E-state index in [1.807, 2.05) is 17.0 Å². The molecular formula is C25H26ClF3N6O2. The van der Waals surface area contributed by atoms with Crippen molar-refractivity contribution in [1.82, 2.24) is 25.2 Å². The predicted molar refractivity (Wildman–Crippen MR) is 133 cm³/mol. The summed E-state index contributed by atoms with van der Waals surface area (Å²) in [4.78, 5) is 29.4. The summed E-state index contributed by atoms with van der Waals surface area (Å²) in [6.07, 6.45) is -0.0485. The summed E-state index contributed by atoms with van der Waals surface area (Å²) in [6, 6.07) is 6.77. The molecule has 2 fully saturated rings. The minimum atomic E-state index is -4.63. The molecule has 37 heavy (non-hydrogen) atoms. The molecule has 1 aromatic carbocycles. The van der Waals surface area contributed by atoms with Crippen LogP contribution in [0.2, 0.25) is 5.02 Å². The number of halogens is 4. The van der Waals surface area contributed by atoms with Gasteiger partial charge in [0.15, 0.2) is 0 Å². The molecule has 5 rings (SSSR count). The van der Waals surface area contributed by atoms with Crippen LogP contribution in [0.3, 0.4) is 0 Å². The molecule has 2 aliphatic heterocycles. The van der Waals surface area contributed by atoms with Gasteiger partial charge in [0.1, 0.15) is 5.82 Å². The maximum absolute atomic E-state index is 13.4. The third-order valence-electron chi connectivity index (χ3n) is 6.72. The Kier molecular flexibility index (Phi) is 7.45. The number of fused-ring (bicyclic) bond motifs is 1. The Balaban J connectivity index is 1.38. The van der Waals surface area contributed by atoms with E-state index in [9.17, 15) is 18.0 Å². The van der Waals surface area contributed by atoms with Gasteiger partial charge in [-0.05, 0) is 37.1 Å². The van der Waals surface area contributed by atoms with Crippen molar-refractivity contribution in [2.24, 2.45) is 0 Å². The Morgan fingerprint density at radius 1 is 1.05 bits per heavy atom. The number of aromatic nitrogens is 3. The number of hydrogen-bond acceptors (Lipinski definition) is 7. The summed E-state index contributed by atoms with van der Waals surface area (Å²) in [7, 11) is 0. The highest BCUT2D eigenvalue weighted by Gasteiger charge is 2.35. The van der Waals surface area contributed by atoms with Gasteiger partial charge in [0.05, 0.1) is 35.4 Å². The largest absolute Gasteiger partial charge is 0.451 e. The molecule has 0 bridgehead atoms. The fraction of sp³-hybridized carbons (Fsp3) is 0.440. The third-order valence-corrected chi connectivity index (χ3v) is 7.03. The first kappa shape index (κ1) is 25.6. The zero-order valence-electron chi connectivity index (χ0n) is 20.0. The molecule has 0 saturated carbocycles. The number of nitrogens with zero attached hydrogens (tertiary/aromatic N) is 5. The summed E-state index contributed by atoms with van der Waals surface area (Å²) in [5, 5.41) is 3.85. The summed E-state index contributed by atoms with van der Waals surface area (Å²) in [6.45, 7) is 4.10. The number of rotatable bonds is 6. The number of carbonyl (C=O) groups is 1. The molecule has 1 atom stereocenters. The molecule has 2 aliphatic rings. The average molecular weight is 535 g/mol. The van der Waals surface area contributed by atoms with Gasteiger partial charge in [-0.1, -0.05) is 11.6 Å². The van der Waals surface area contributed by atoms with E-state index in [1.54, 1.807) is 12.1 Å².